The van der Waals surface area contributed by atoms with Gasteiger partial charge in [-0.15, -0.1) is 0 Å². The third-order valence-electron chi connectivity index (χ3n) is 5.81. The fraction of sp³-hybridized carbons (Fsp3) is 0.440. The number of carbonyl (C=O) groups is 2. The zero-order chi connectivity index (χ0) is 23.8. The number of hydrogen-bond donors (Lipinski definition) is 2. The molecule has 1 aliphatic rings. The molecule has 0 saturated carbocycles. The summed E-state index contributed by atoms with van der Waals surface area (Å²) in [5.41, 5.74) is 1.77. The highest BCUT2D eigenvalue weighted by Gasteiger charge is 2.31. The maximum atomic E-state index is 13.2. The standard InChI is InChI=1S/C25H34N4O4/c1-18(2)23(27-25(31)26-21-11-10-20(32-3)16-22(21)33-4)24(30)29-14-12-28(13-15-29)17-19-8-6-5-7-9-19/h5-11,16,18,23H,12-15,17H2,1-4H3,(H2,26,27,31). The van der Waals surface area contributed by atoms with Crippen LogP contribution in [0.2, 0.25) is 0 Å². The van der Waals surface area contributed by atoms with Gasteiger partial charge < -0.3 is 25.0 Å². The summed E-state index contributed by atoms with van der Waals surface area (Å²) in [6.07, 6.45) is 0. The Morgan fingerprint density at radius 3 is 2.27 bits per heavy atom. The monoisotopic (exact) mass is 454 g/mol. The SMILES string of the molecule is COc1ccc(NC(=O)NC(C(=O)N2CCN(Cc3ccccc3)CC2)C(C)C)c(OC)c1. The Morgan fingerprint density at radius 2 is 1.67 bits per heavy atom. The Kier molecular flexibility index (Phi) is 8.54. The molecular formula is C25H34N4O4. The number of nitrogens with zero attached hydrogens (tertiary/aromatic N) is 2. The fourth-order valence-corrected chi connectivity index (χ4v) is 3.88. The molecule has 8 nitrogen and oxygen atoms in total. The van der Waals surface area contributed by atoms with Gasteiger partial charge in [-0.2, -0.15) is 0 Å². The molecule has 0 bridgehead atoms. The number of anilines is 1. The highest BCUT2D eigenvalue weighted by Crippen LogP contribution is 2.29. The normalized spacial score (nSPS) is 15.1. The number of carbonyl (C=O) groups excluding carboxylic acids is 2. The molecule has 2 aromatic rings. The molecule has 3 amide bonds. The van der Waals surface area contributed by atoms with Crippen molar-refractivity contribution in [2.75, 3.05) is 45.7 Å². The Balaban J connectivity index is 1.56. The number of urea groups is 1. The van der Waals surface area contributed by atoms with E-state index in [9.17, 15) is 9.59 Å². The molecule has 1 heterocycles. The second kappa shape index (κ2) is 11.6. The molecule has 1 saturated heterocycles. The van der Waals surface area contributed by atoms with Crippen molar-refractivity contribution in [3.05, 3.63) is 54.1 Å². The van der Waals surface area contributed by atoms with Crippen LogP contribution in [0.15, 0.2) is 48.5 Å². The molecule has 178 valence electrons. The quantitative estimate of drug-likeness (QED) is 0.640. The van der Waals surface area contributed by atoms with Gasteiger partial charge in [-0.3, -0.25) is 9.69 Å². The lowest BCUT2D eigenvalue weighted by Crippen LogP contribution is -2.56. The maximum absolute atomic E-state index is 13.2. The van der Waals surface area contributed by atoms with Crippen molar-refractivity contribution in [3.8, 4) is 11.5 Å². The highest BCUT2D eigenvalue weighted by atomic mass is 16.5. The highest BCUT2D eigenvalue weighted by molar-refractivity contribution is 5.95. The zero-order valence-corrected chi connectivity index (χ0v) is 19.8. The van der Waals surface area contributed by atoms with Crippen molar-refractivity contribution in [3.63, 3.8) is 0 Å². The van der Waals surface area contributed by atoms with E-state index < -0.39 is 12.1 Å². The van der Waals surface area contributed by atoms with Crippen LogP contribution in [-0.4, -0.2) is 68.2 Å². The summed E-state index contributed by atoms with van der Waals surface area (Å²) < 4.78 is 10.5. The van der Waals surface area contributed by atoms with Gasteiger partial charge in [0.1, 0.15) is 17.5 Å². The number of benzene rings is 2. The molecule has 1 fully saturated rings. The zero-order valence-electron chi connectivity index (χ0n) is 19.8. The lowest BCUT2D eigenvalue weighted by Gasteiger charge is -2.37. The predicted octanol–water partition coefficient (Wildman–Crippen LogP) is 3.19. The number of amides is 3. The number of hydrogen-bond acceptors (Lipinski definition) is 5. The number of ether oxygens (including phenoxy) is 2. The van der Waals surface area contributed by atoms with Crippen molar-refractivity contribution in [2.45, 2.75) is 26.4 Å². The van der Waals surface area contributed by atoms with Crippen LogP contribution in [0, 0.1) is 5.92 Å². The fourth-order valence-electron chi connectivity index (χ4n) is 3.88. The van der Waals surface area contributed by atoms with Crippen molar-refractivity contribution < 1.29 is 19.1 Å². The van der Waals surface area contributed by atoms with Crippen LogP contribution in [-0.2, 0) is 11.3 Å². The summed E-state index contributed by atoms with van der Waals surface area (Å²) in [6.45, 7) is 7.64. The van der Waals surface area contributed by atoms with Crippen LogP contribution in [0.25, 0.3) is 0 Å². The lowest BCUT2D eigenvalue weighted by molar-refractivity contribution is -0.136. The molecule has 3 rings (SSSR count). The number of methoxy groups -OCH3 is 2. The third kappa shape index (κ3) is 6.61. The van der Waals surface area contributed by atoms with Crippen LogP contribution >= 0.6 is 0 Å². The smallest absolute Gasteiger partial charge is 0.320 e. The summed E-state index contributed by atoms with van der Waals surface area (Å²) in [7, 11) is 3.09. The molecule has 2 aromatic carbocycles. The molecular weight excluding hydrogens is 420 g/mol. The molecule has 0 radical (unpaired) electrons. The average molecular weight is 455 g/mol. The van der Waals surface area contributed by atoms with Gasteiger partial charge in [0, 0.05) is 38.8 Å². The van der Waals surface area contributed by atoms with E-state index in [2.05, 4.69) is 27.7 Å². The van der Waals surface area contributed by atoms with Crippen molar-refractivity contribution in [1.82, 2.24) is 15.1 Å². The largest absolute Gasteiger partial charge is 0.497 e. The second-order valence-corrected chi connectivity index (χ2v) is 8.47. The first-order valence-electron chi connectivity index (χ1n) is 11.3. The number of rotatable bonds is 8. The Morgan fingerprint density at radius 1 is 0.970 bits per heavy atom. The predicted molar refractivity (Wildman–Crippen MR) is 129 cm³/mol. The molecule has 0 aliphatic carbocycles. The van der Waals surface area contributed by atoms with E-state index in [0.717, 1.165) is 19.6 Å². The molecule has 1 aliphatic heterocycles. The van der Waals surface area contributed by atoms with Crippen LogP contribution in [0.5, 0.6) is 11.5 Å². The topological polar surface area (TPSA) is 83.1 Å². The van der Waals surface area contributed by atoms with Gasteiger partial charge in [-0.25, -0.2) is 4.79 Å². The van der Waals surface area contributed by atoms with E-state index in [1.807, 2.05) is 36.9 Å². The summed E-state index contributed by atoms with van der Waals surface area (Å²) in [5.74, 6) is 0.996. The Labute approximate surface area is 195 Å². The minimum Gasteiger partial charge on any atom is -0.497 e. The Hall–Kier alpha value is -3.26. The third-order valence-corrected chi connectivity index (χ3v) is 5.81. The summed E-state index contributed by atoms with van der Waals surface area (Å²) in [4.78, 5) is 30.1. The summed E-state index contributed by atoms with van der Waals surface area (Å²) in [6, 6.07) is 14.4. The van der Waals surface area contributed by atoms with Gasteiger partial charge in [-0.05, 0) is 23.6 Å². The Bertz CT molecular complexity index is 927. The van der Waals surface area contributed by atoms with Crippen LogP contribution in [0.1, 0.15) is 19.4 Å². The van der Waals surface area contributed by atoms with Gasteiger partial charge in [0.15, 0.2) is 0 Å². The van der Waals surface area contributed by atoms with E-state index in [0.29, 0.717) is 30.3 Å². The number of nitrogens with one attached hydrogen (secondary N) is 2. The average Bonchev–Trinajstić information content (AvgIpc) is 2.83. The lowest BCUT2D eigenvalue weighted by atomic mass is 10.0. The van der Waals surface area contributed by atoms with Crippen LogP contribution in [0.3, 0.4) is 0 Å². The summed E-state index contributed by atoms with van der Waals surface area (Å²) >= 11 is 0. The van der Waals surface area contributed by atoms with Gasteiger partial charge in [0.25, 0.3) is 0 Å². The van der Waals surface area contributed by atoms with Crippen LogP contribution in [0.4, 0.5) is 10.5 Å². The van der Waals surface area contributed by atoms with E-state index in [1.165, 1.54) is 12.7 Å². The van der Waals surface area contributed by atoms with Crippen molar-refractivity contribution in [2.24, 2.45) is 5.92 Å². The molecule has 0 aromatic heterocycles. The molecule has 1 unspecified atom stereocenters. The minimum atomic E-state index is -0.616. The molecule has 2 N–H and O–H groups in total. The van der Waals surface area contributed by atoms with Gasteiger partial charge in [-0.1, -0.05) is 44.2 Å². The van der Waals surface area contributed by atoms with E-state index in [-0.39, 0.29) is 11.8 Å². The maximum Gasteiger partial charge on any atom is 0.320 e. The molecule has 1 atom stereocenters. The van der Waals surface area contributed by atoms with E-state index >= 15 is 0 Å². The molecule has 8 heteroatoms. The molecule has 0 spiro atoms. The van der Waals surface area contributed by atoms with Crippen molar-refractivity contribution in [1.29, 1.82) is 0 Å². The van der Waals surface area contributed by atoms with E-state index in [4.69, 9.17) is 9.47 Å². The van der Waals surface area contributed by atoms with Crippen LogP contribution < -0.4 is 20.1 Å². The van der Waals surface area contributed by atoms with E-state index in [1.54, 1.807) is 25.3 Å². The number of piperazine rings is 1. The first-order valence-corrected chi connectivity index (χ1v) is 11.3. The molecule has 33 heavy (non-hydrogen) atoms. The first-order chi connectivity index (χ1) is 15.9. The first kappa shape index (κ1) is 24.4. The van der Waals surface area contributed by atoms with Gasteiger partial charge >= 0.3 is 6.03 Å². The summed E-state index contributed by atoms with van der Waals surface area (Å²) in [5, 5.41) is 5.63. The van der Waals surface area contributed by atoms with Gasteiger partial charge in [0.2, 0.25) is 5.91 Å². The van der Waals surface area contributed by atoms with Crippen molar-refractivity contribution >= 4 is 17.6 Å². The second-order valence-electron chi connectivity index (χ2n) is 8.47. The minimum absolute atomic E-state index is 0.0524. The van der Waals surface area contributed by atoms with Gasteiger partial charge in [0.05, 0.1) is 19.9 Å².